The van der Waals surface area contributed by atoms with E-state index >= 15 is 0 Å². The molecule has 3 heterocycles. The Morgan fingerprint density at radius 1 is 1.25 bits per heavy atom. The molecular formula is C20H26N3O3S2+. The Labute approximate surface area is 170 Å². The number of quaternary nitrogens is 1. The minimum atomic E-state index is -3.31. The molecule has 1 saturated heterocycles. The minimum absolute atomic E-state index is 0.0448. The highest BCUT2D eigenvalue weighted by Crippen LogP contribution is 2.34. The molecule has 2 aromatic rings. The van der Waals surface area contributed by atoms with E-state index in [0.29, 0.717) is 17.7 Å². The van der Waals surface area contributed by atoms with Crippen LogP contribution in [-0.4, -0.2) is 57.7 Å². The molecule has 0 unspecified atom stereocenters. The van der Waals surface area contributed by atoms with Crippen molar-refractivity contribution in [1.29, 1.82) is 0 Å². The Bertz CT molecular complexity index is 965. The maximum Gasteiger partial charge on any atom is 0.254 e. The normalized spacial score (nSPS) is 20.4. The number of carbonyl (C=O) groups is 1. The molecule has 2 aliphatic heterocycles. The minimum Gasteiger partial charge on any atom is -0.328 e. The van der Waals surface area contributed by atoms with Crippen molar-refractivity contribution in [2.24, 2.45) is 0 Å². The average molecular weight is 421 g/mol. The highest BCUT2D eigenvalue weighted by atomic mass is 32.2. The number of hydrogen-bond donors (Lipinski definition) is 1. The second kappa shape index (κ2) is 7.50. The second-order valence-electron chi connectivity index (χ2n) is 7.75. The largest absolute Gasteiger partial charge is 0.328 e. The number of carbonyl (C=O) groups excluding carboxylic acids is 1. The zero-order valence-electron chi connectivity index (χ0n) is 16.2. The number of sulfonamides is 1. The smallest absolute Gasteiger partial charge is 0.254 e. The van der Waals surface area contributed by atoms with E-state index in [1.807, 2.05) is 17.9 Å². The van der Waals surface area contributed by atoms with E-state index in [-0.39, 0.29) is 11.9 Å². The van der Waals surface area contributed by atoms with E-state index in [1.165, 1.54) is 20.3 Å². The Kier molecular flexibility index (Phi) is 5.20. The zero-order valence-corrected chi connectivity index (χ0v) is 17.9. The maximum atomic E-state index is 13.0. The van der Waals surface area contributed by atoms with Crippen LogP contribution in [0.1, 0.15) is 27.7 Å². The molecule has 2 aliphatic rings. The molecule has 8 heteroatoms. The molecule has 0 spiro atoms. The second-order valence-corrected chi connectivity index (χ2v) is 10.6. The molecule has 1 aromatic heterocycles. The van der Waals surface area contributed by atoms with Gasteiger partial charge in [0.05, 0.1) is 43.0 Å². The number of nitrogens with zero attached hydrogens (tertiary/aromatic N) is 2. The van der Waals surface area contributed by atoms with E-state index in [1.54, 1.807) is 23.5 Å². The molecule has 1 amide bonds. The summed E-state index contributed by atoms with van der Waals surface area (Å²) in [6, 6.07) is 9.57. The van der Waals surface area contributed by atoms with Gasteiger partial charge < -0.3 is 9.80 Å². The highest BCUT2D eigenvalue weighted by molar-refractivity contribution is 7.92. The Morgan fingerprint density at radius 2 is 2.00 bits per heavy atom. The summed E-state index contributed by atoms with van der Waals surface area (Å²) >= 11 is 1.79. The van der Waals surface area contributed by atoms with Gasteiger partial charge in [-0.1, -0.05) is 6.07 Å². The van der Waals surface area contributed by atoms with Crippen LogP contribution >= 0.6 is 11.3 Å². The quantitative estimate of drug-likeness (QED) is 0.803. The summed E-state index contributed by atoms with van der Waals surface area (Å²) in [6.07, 6.45) is 1.87. The fraction of sp³-hybridized carbons (Fsp3) is 0.450. The molecule has 150 valence electrons. The van der Waals surface area contributed by atoms with Crippen molar-refractivity contribution in [2.75, 3.05) is 36.7 Å². The van der Waals surface area contributed by atoms with Gasteiger partial charge in [0.15, 0.2) is 0 Å². The van der Waals surface area contributed by atoms with Gasteiger partial charge in [0.25, 0.3) is 5.91 Å². The van der Waals surface area contributed by atoms with Crippen molar-refractivity contribution in [3.8, 4) is 0 Å². The lowest BCUT2D eigenvalue weighted by Gasteiger charge is -2.32. The first kappa shape index (κ1) is 19.4. The summed E-state index contributed by atoms with van der Waals surface area (Å²) in [7, 11) is -3.31. The lowest BCUT2D eigenvalue weighted by atomic mass is 10.1. The molecule has 0 aliphatic carbocycles. The van der Waals surface area contributed by atoms with E-state index in [0.717, 1.165) is 38.3 Å². The highest BCUT2D eigenvalue weighted by Gasteiger charge is 2.33. The Hall–Kier alpha value is -1.90. The maximum absolute atomic E-state index is 13.0. The number of amides is 1. The monoisotopic (exact) mass is 420 g/mol. The number of benzene rings is 1. The van der Waals surface area contributed by atoms with E-state index in [4.69, 9.17) is 0 Å². The lowest BCUT2D eigenvalue weighted by molar-refractivity contribution is -0.917. The fourth-order valence-electron chi connectivity index (χ4n) is 4.29. The number of thiophene rings is 1. The Balaban J connectivity index is 1.43. The van der Waals surface area contributed by atoms with Gasteiger partial charge in [-0.25, -0.2) is 8.42 Å². The number of piperazine rings is 1. The first-order valence-electron chi connectivity index (χ1n) is 9.60. The number of anilines is 1. The van der Waals surface area contributed by atoms with E-state index in [2.05, 4.69) is 17.5 Å². The number of hydrogen-bond acceptors (Lipinski definition) is 4. The van der Waals surface area contributed by atoms with Crippen LogP contribution in [0.2, 0.25) is 0 Å². The molecule has 1 atom stereocenters. The van der Waals surface area contributed by atoms with Gasteiger partial charge >= 0.3 is 0 Å². The fourth-order valence-corrected chi connectivity index (χ4v) is 6.33. The number of fused-ring (bicyclic) bond motifs is 1. The van der Waals surface area contributed by atoms with Gasteiger partial charge in [-0.3, -0.25) is 9.10 Å². The molecule has 6 nitrogen and oxygen atoms in total. The summed E-state index contributed by atoms with van der Waals surface area (Å²) in [4.78, 5) is 17.8. The third-order valence-electron chi connectivity index (χ3n) is 5.60. The summed E-state index contributed by atoms with van der Waals surface area (Å²) in [5.41, 5.74) is 2.30. The van der Waals surface area contributed by atoms with Crippen LogP contribution in [0.5, 0.6) is 0 Å². The SMILES string of the molecule is C[C@@H]1Cc2cc(C(=O)N3CC[NH+](Cc4cccs4)CC3)ccc2N1S(C)(=O)=O. The van der Waals surface area contributed by atoms with Gasteiger partial charge in [0.2, 0.25) is 10.0 Å². The van der Waals surface area contributed by atoms with Crippen LogP contribution in [0.4, 0.5) is 5.69 Å². The van der Waals surface area contributed by atoms with Crippen LogP contribution < -0.4 is 9.21 Å². The predicted molar refractivity (Wildman–Crippen MR) is 112 cm³/mol. The average Bonchev–Trinajstić information content (AvgIpc) is 3.27. The van der Waals surface area contributed by atoms with Crippen LogP contribution in [0.3, 0.4) is 0 Å². The number of nitrogens with one attached hydrogen (secondary N) is 1. The summed E-state index contributed by atoms with van der Waals surface area (Å²) in [6.45, 7) is 6.34. The summed E-state index contributed by atoms with van der Waals surface area (Å²) in [5, 5.41) is 2.11. The van der Waals surface area contributed by atoms with Crippen molar-refractivity contribution >= 4 is 33.0 Å². The molecular weight excluding hydrogens is 394 g/mol. The van der Waals surface area contributed by atoms with Crippen molar-refractivity contribution in [1.82, 2.24) is 4.90 Å². The van der Waals surface area contributed by atoms with E-state index < -0.39 is 10.0 Å². The summed E-state index contributed by atoms with van der Waals surface area (Å²) in [5.74, 6) is 0.0448. The standard InChI is InChI=1S/C20H25N3O3S2/c1-15-12-17-13-16(5-6-19(17)23(15)28(2,25)26)20(24)22-9-7-21(8-10-22)14-18-4-3-11-27-18/h3-6,11,13,15H,7-10,12,14H2,1-2H3/p+1/t15-/m1/s1. The van der Waals surface area contributed by atoms with E-state index in [9.17, 15) is 13.2 Å². The van der Waals surface area contributed by atoms with Crippen LogP contribution in [0, 0.1) is 0 Å². The third-order valence-corrected chi connectivity index (χ3v) is 7.75. The van der Waals surface area contributed by atoms with Gasteiger partial charge in [-0.05, 0) is 48.6 Å². The first-order chi connectivity index (χ1) is 13.3. The molecule has 0 bridgehead atoms. The van der Waals surface area contributed by atoms with Crippen LogP contribution in [-0.2, 0) is 23.0 Å². The van der Waals surface area contributed by atoms with Crippen molar-refractivity contribution in [3.63, 3.8) is 0 Å². The first-order valence-corrected chi connectivity index (χ1v) is 12.3. The van der Waals surface area contributed by atoms with Crippen molar-refractivity contribution in [3.05, 3.63) is 51.7 Å². The zero-order chi connectivity index (χ0) is 19.9. The molecule has 0 saturated carbocycles. The molecule has 1 N–H and O–H groups in total. The molecule has 0 radical (unpaired) electrons. The summed E-state index contributed by atoms with van der Waals surface area (Å²) < 4.78 is 25.6. The van der Waals surface area contributed by atoms with Gasteiger partial charge in [-0.15, -0.1) is 11.3 Å². The molecule has 28 heavy (non-hydrogen) atoms. The van der Waals surface area contributed by atoms with Gasteiger partial charge in [0, 0.05) is 11.6 Å². The predicted octanol–water partition coefficient (Wildman–Crippen LogP) is 1.000. The molecule has 4 rings (SSSR count). The number of rotatable bonds is 4. The van der Waals surface area contributed by atoms with Gasteiger partial charge in [0.1, 0.15) is 6.54 Å². The van der Waals surface area contributed by atoms with Gasteiger partial charge in [-0.2, -0.15) is 0 Å². The Morgan fingerprint density at radius 3 is 2.64 bits per heavy atom. The third kappa shape index (κ3) is 3.81. The van der Waals surface area contributed by atoms with Crippen molar-refractivity contribution in [2.45, 2.75) is 25.9 Å². The van der Waals surface area contributed by atoms with Crippen LogP contribution in [0.15, 0.2) is 35.7 Å². The molecule has 1 fully saturated rings. The topological polar surface area (TPSA) is 62.1 Å². The van der Waals surface area contributed by atoms with Crippen LogP contribution in [0.25, 0.3) is 0 Å². The lowest BCUT2D eigenvalue weighted by Crippen LogP contribution is -3.13. The molecule has 1 aromatic carbocycles. The van der Waals surface area contributed by atoms with Crippen molar-refractivity contribution < 1.29 is 18.1 Å².